The summed E-state index contributed by atoms with van der Waals surface area (Å²) in [5.74, 6) is 0.193. The van der Waals surface area contributed by atoms with Crippen molar-refractivity contribution >= 4 is 46.4 Å². The molecule has 0 radical (unpaired) electrons. The number of carbonyl (C=O) groups is 3. The van der Waals surface area contributed by atoms with Gasteiger partial charge in [0.05, 0.1) is 23.3 Å². The second-order valence-electron chi connectivity index (χ2n) is 6.52. The van der Waals surface area contributed by atoms with Crippen molar-refractivity contribution in [2.45, 2.75) is 20.8 Å². The molecule has 0 unspecified atom stereocenters. The van der Waals surface area contributed by atoms with Gasteiger partial charge in [-0.05, 0) is 48.1 Å². The third-order valence-corrected chi connectivity index (χ3v) is 5.36. The maximum Gasteiger partial charge on any atom is 0.272 e. The van der Waals surface area contributed by atoms with E-state index in [-0.39, 0.29) is 17.7 Å². The van der Waals surface area contributed by atoms with Gasteiger partial charge in [0.1, 0.15) is 5.75 Å². The Balaban J connectivity index is 2.06. The number of rotatable bonds is 6. The Kier molecular flexibility index (Phi) is 6.08. The quantitative estimate of drug-likeness (QED) is 0.729. The maximum absolute atomic E-state index is 13.4. The van der Waals surface area contributed by atoms with E-state index in [1.54, 1.807) is 36.4 Å². The number of hydrogen-bond donors (Lipinski definition) is 1. The van der Waals surface area contributed by atoms with Crippen LogP contribution in [0.1, 0.15) is 25.0 Å². The molecule has 7 heteroatoms. The SMILES string of the molecule is CCSC1=C(c2ccc(NC(C)=O)cc2)C(=O)N(c2cc(C)ccc2OC)C1=O. The summed E-state index contributed by atoms with van der Waals surface area (Å²) >= 11 is 1.34. The fourth-order valence-corrected chi connectivity index (χ4v) is 4.01. The van der Waals surface area contributed by atoms with Gasteiger partial charge in [-0.15, -0.1) is 11.8 Å². The second kappa shape index (κ2) is 8.53. The van der Waals surface area contributed by atoms with E-state index in [4.69, 9.17) is 4.74 Å². The number of amides is 3. The highest BCUT2D eigenvalue weighted by Crippen LogP contribution is 2.41. The number of aryl methyl sites for hydroxylation is 1. The molecular weight excluding hydrogens is 388 g/mol. The van der Waals surface area contributed by atoms with E-state index in [0.29, 0.717) is 38.9 Å². The molecule has 0 aliphatic carbocycles. The zero-order valence-electron chi connectivity index (χ0n) is 16.7. The standard InChI is InChI=1S/C22H22N2O4S/c1-5-29-20-19(15-7-9-16(10-8-15)23-14(3)25)21(26)24(22(20)27)17-12-13(2)6-11-18(17)28-4/h6-12H,5H2,1-4H3,(H,23,25). The number of ether oxygens (including phenoxy) is 1. The molecule has 3 rings (SSSR count). The van der Waals surface area contributed by atoms with E-state index in [2.05, 4.69) is 5.32 Å². The third-order valence-electron chi connectivity index (χ3n) is 4.40. The Morgan fingerprint density at radius 2 is 1.79 bits per heavy atom. The highest BCUT2D eigenvalue weighted by atomic mass is 32.2. The number of nitrogens with one attached hydrogen (secondary N) is 1. The van der Waals surface area contributed by atoms with Gasteiger partial charge in [0, 0.05) is 12.6 Å². The summed E-state index contributed by atoms with van der Waals surface area (Å²) in [5.41, 5.74) is 2.96. The van der Waals surface area contributed by atoms with Gasteiger partial charge >= 0.3 is 0 Å². The molecule has 2 aromatic rings. The maximum atomic E-state index is 13.4. The van der Waals surface area contributed by atoms with Crippen LogP contribution in [0, 0.1) is 6.92 Å². The van der Waals surface area contributed by atoms with Crippen LogP contribution in [0.3, 0.4) is 0 Å². The molecule has 3 amide bonds. The number of benzene rings is 2. The van der Waals surface area contributed by atoms with E-state index < -0.39 is 0 Å². The predicted octanol–water partition coefficient (Wildman–Crippen LogP) is 4.00. The molecule has 0 bridgehead atoms. The number of carbonyl (C=O) groups excluding carboxylic acids is 3. The van der Waals surface area contributed by atoms with Crippen LogP contribution in [0.2, 0.25) is 0 Å². The van der Waals surface area contributed by atoms with E-state index >= 15 is 0 Å². The molecular formula is C22H22N2O4S. The Morgan fingerprint density at radius 1 is 1.10 bits per heavy atom. The van der Waals surface area contributed by atoms with E-state index in [1.165, 1.54) is 30.7 Å². The van der Waals surface area contributed by atoms with Crippen LogP contribution in [-0.4, -0.2) is 30.6 Å². The molecule has 2 aromatic carbocycles. The lowest BCUT2D eigenvalue weighted by Gasteiger charge is -2.19. The third kappa shape index (κ3) is 4.05. The number of methoxy groups -OCH3 is 1. The lowest BCUT2D eigenvalue weighted by molar-refractivity contribution is -0.120. The Labute approximate surface area is 173 Å². The first-order valence-electron chi connectivity index (χ1n) is 9.15. The van der Waals surface area contributed by atoms with Crippen molar-refractivity contribution in [3.05, 3.63) is 58.5 Å². The molecule has 1 aliphatic heterocycles. The van der Waals surface area contributed by atoms with Crippen molar-refractivity contribution in [1.29, 1.82) is 0 Å². The lowest BCUT2D eigenvalue weighted by Crippen LogP contribution is -2.31. The van der Waals surface area contributed by atoms with Crippen LogP contribution in [0.25, 0.3) is 5.57 Å². The molecule has 0 spiro atoms. The molecule has 0 saturated heterocycles. The fourth-order valence-electron chi connectivity index (χ4n) is 3.16. The smallest absolute Gasteiger partial charge is 0.272 e. The largest absolute Gasteiger partial charge is 0.495 e. The van der Waals surface area contributed by atoms with E-state index in [1.807, 2.05) is 19.9 Å². The first-order valence-corrected chi connectivity index (χ1v) is 10.1. The van der Waals surface area contributed by atoms with Gasteiger partial charge < -0.3 is 10.1 Å². The summed E-state index contributed by atoms with van der Waals surface area (Å²) in [7, 11) is 1.51. The molecule has 6 nitrogen and oxygen atoms in total. The Morgan fingerprint density at radius 3 is 2.38 bits per heavy atom. The normalized spacial score (nSPS) is 13.9. The summed E-state index contributed by atoms with van der Waals surface area (Å²) in [6.07, 6.45) is 0. The fraction of sp³-hybridized carbons (Fsp3) is 0.227. The number of anilines is 2. The molecule has 1 N–H and O–H groups in total. The predicted molar refractivity (Wildman–Crippen MR) is 116 cm³/mol. The zero-order valence-corrected chi connectivity index (χ0v) is 17.6. The average molecular weight is 410 g/mol. The minimum Gasteiger partial charge on any atom is -0.495 e. The lowest BCUT2D eigenvalue weighted by atomic mass is 10.1. The number of nitrogens with zero attached hydrogens (tertiary/aromatic N) is 1. The summed E-state index contributed by atoms with van der Waals surface area (Å²) < 4.78 is 5.39. The Bertz CT molecular complexity index is 1010. The highest BCUT2D eigenvalue weighted by Gasteiger charge is 2.41. The van der Waals surface area contributed by atoms with Crippen LogP contribution in [-0.2, 0) is 14.4 Å². The minimum atomic E-state index is -0.387. The van der Waals surface area contributed by atoms with Crippen molar-refractivity contribution in [3.8, 4) is 5.75 Å². The first kappa shape index (κ1) is 20.7. The number of hydrogen-bond acceptors (Lipinski definition) is 5. The molecule has 1 heterocycles. The van der Waals surface area contributed by atoms with Crippen LogP contribution in [0.15, 0.2) is 47.4 Å². The van der Waals surface area contributed by atoms with Gasteiger partial charge in [-0.3, -0.25) is 14.4 Å². The molecule has 0 saturated carbocycles. The number of imide groups is 1. The van der Waals surface area contributed by atoms with Crippen molar-refractivity contribution in [2.24, 2.45) is 0 Å². The van der Waals surface area contributed by atoms with Crippen molar-refractivity contribution in [2.75, 3.05) is 23.1 Å². The van der Waals surface area contributed by atoms with Gasteiger partial charge in [0.25, 0.3) is 11.8 Å². The zero-order chi connectivity index (χ0) is 21.1. The van der Waals surface area contributed by atoms with Crippen LogP contribution < -0.4 is 15.0 Å². The second-order valence-corrected chi connectivity index (χ2v) is 7.79. The Hall–Kier alpha value is -3.06. The van der Waals surface area contributed by atoms with Crippen molar-refractivity contribution in [1.82, 2.24) is 0 Å². The molecule has 0 fully saturated rings. The van der Waals surface area contributed by atoms with Crippen molar-refractivity contribution in [3.63, 3.8) is 0 Å². The molecule has 29 heavy (non-hydrogen) atoms. The van der Waals surface area contributed by atoms with Crippen LogP contribution in [0.5, 0.6) is 5.75 Å². The van der Waals surface area contributed by atoms with Gasteiger partial charge in [-0.1, -0.05) is 25.1 Å². The van der Waals surface area contributed by atoms with Crippen LogP contribution in [0.4, 0.5) is 11.4 Å². The van der Waals surface area contributed by atoms with Gasteiger partial charge in [-0.2, -0.15) is 0 Å². The molecule has 0 aromatic heterocycles. The number of thioether (sulfide) groups is 1. The first-order chi connectivity index (χ1) is 13.9. The summed E-state index contributed by atoms with van der Waals surface area (Å²) in [6.45, 7) is 5.26. The van der Waals surface area contributed by atoms with Crippen molar-refractivity contribution < 1.29 is 19.1 Å². The summed E-state index contributed by atoms with van der Waals surface area (Å²) in [6, 6.07) is 12.3. The average Bonchev–Trinajstić information content (AvgIpc) is 2.92. The summed E-state index contributed by atoms with van der Waals surface area (Å²) in [5, 5.41) is 2.70. The van der Waals surface area contributed by atoms with E-state index in [9.17, 15) is 14.4 Å². The molecule has 0 atom stereocenters. The van der Waals surface area contributed by atoms with Crippen LogP contribution >= 0.6 is 11.8 Å². The monoisotopic (exact) mass is 410 g/mol. The van der Waals surface area contributed by atoms with Gasteiger partial charge in [-0.25, -0.2) is 4.90 Å². The van der Waals surface area contributed by atoms with E-state index in [0.717, 1.165) is 5.56 Å². The summed E-state index contributed by atoms with van der Waals surface area (Å²) in [4.78, 5) is 39.4. The van der Waals surface area contributed by atoms with Gasteiger partial charge in [0.15, 0.2) is 0 Å². The highest BCUT2D eigenvalue weighted by molar-refractivity contribution is 8.04. The topological polar surface area (TPSA) is 75.7 Å². The minimum absolute atomic E-state index is 0.177. The van der Waals surface area contributed by atoms with Gasteiger partial charge in [0.2, 0.25) is 5.91 Å². The molecule has 1 aliphatic rings. The molecule has 150 valence electrons.